The Balaban J connectivity index is 1.44. The second-order valence-corrected chi connectivity index (χ2v) is 7.49. The maximum Gasteiger partial charge on any atom is 0.407 e. The van der Waals surface area contributed by atoms with Crippen LogP contribution in [0.1, 0.15) is 31.3 Å². The number of rotatable bonds is 6. The fraction of sp³-hybridized carbons (Fsp3) is 0.562. The zero-order valence-corrected chi connectivity index (χ0v) is 16.3. The number of amides is 4. The van der Waals surface area contributed by atoms with Crippen molar-refractivity contribution in [2.75, 3.05) is 26.2 Å². The number of aromatic nitrogens is 3. The molecule has 1 aromatic rings. The van der Waals surface area contributed by atoms with Crippen LogP contribution in [0.4, 0.5) is 9.59 Å². The van der Waals surface area contributed by atoms with Crippen molar-refractivity contribution in [3.05, 3.63) is 18.0 Å². The summed E-state index contributed by atoms with van der Waals surface area (Å²) in [5, 5.41) is 20.5. The molecule has 0 radical (unpaired) electrons. The Morgan fingerprint density at radius 2 is 2.14 bits per heavy atom. The molecule has 1 unspecified atom stereocenters. The highest BCUT2D eigenvalue weighted by Gasteiger charge is 2.39. The average molecular weight is 409 g/mol. The van der Waals surface area contributed by atoms with Gasteiger partial charge in [-0.15, -0.1) is 5.10 Å². The van der Waals surface area contributed by atoms with Crippen LogP contribution in [0.25, 0.3) is 5.70 Å². The van der Waals surface area contributed by atoms with Crippen LogP contribution in [0.3, 0.4) is 0 Å². The summed E-state index contributed by atoms with van der Waals surface area (Å²) in [6, 6.07) is -0.943. The molecule has 3 heterocycles. The molecule has 13 nitrogen and oxygen atoms in total. The molecular weight excluding hydrogens is 386 g/mol. The molecule has 0 saturated carbocycles. The van der Waals surface area contributed by atoms with Crippen molar-refractivity contribution in [1.29, 1.82) is 0 Å². The first kappa shape index (κ1) is 20.5. The molecule has 29 heavy (non-hydrogen) atoms. The van der Waals surface area contributed by atoms with Gasteiger partial charge in [-0.1, -0.05) is 5.21 Å². The number of ether oxygens (including phenoxy) is 1. The third-order valence-electron chi connectivity index (χ3n) is 3.98. The molecule has 0 aliphatic carbocycles. The summed E-state index contributed by atoms with van der Waals surface area (Å²) >= 11 is 0. The summed E-state index contributed by atoms with van der Waals surface area (Å²) in [5.41, 5.74) is 2.22. The van der Waals surface area contributed by atoms with E-state index in [4.69, 9.17) is 9.57 Å². The van der Waals surface area contributed by atoms with Crippen LogP contribution in [0.15, 0.2) is 12.3 Å². The van der Waals surface area contributed by atoms with Crippen molar-refractivity contribution in [2.45, 2.75) is 32.4 Å². The monoisotopic (exact) mass is 409 g/mol. The van der Waals surface area contributed by atoms with Gasteiger partial charge in [0.15, 0.2) is 5.69 Å². The van der Waals surface area contributed by atoms with E-state index < -0.39 is 29.7 Å². The van der Waals surface area contributed by atoms with E-state index in [2.05, 4.69) is 21.1 Å². The summed E-state index contributed by atoms with van der Waals surface area (Å²) < 4.78 is 6.43. The minimum Gasteiger partial charge on any atom is -0.444 e. The first-order chi connectivity index (χ1) is 13.6. The van der Waals surface area contributed by atoms with E-state index in [0.717, 1.165) is 0 Å². The minimum absolute atomic E-state index is 0.00565. The van der Waals surface area contributed by atoms with Crippen molar-refractivity contribution < 1.29 is 29.2 Å². The predicted molar refractivity (Wildman–Crippen MR) is 96.3 cm³/mol. The molecule has 0 aromatic carbocycles. The fourth-order valence-corrected chi connectivity index (χ4v) is 2.74. The molecule has 4 amide bonds. The number of urea groups is 1. The van der Waals surface area contributed by atoms with Crippen LogP contribution in [0, 0.1) is 0 Å². The summed E-state index contributed by atoms with van der Waals surface area (Å²) in [6.45, 7) is 6.04. The zero-order chi connectivity index (χ0) is 21.2. The van der Waals surface area contributed by atoms with Crippen molar-refractivity contribution in [2.24, 2.45) is 0 Å². The molecule has 1 atom stereocenters. The molecule has 3 rings (SSSR count). The van der Waals surface area contributed by atoms with Crippen LogP contribution >= 0.6 is 0 Å². The van der Waals surface area contributed by atoms with E-state index in [0.29, 0.717) is 17.3 Å². The van der Waals surface area contributed by atoms with Crippen LogP contribution in [0.2, 0.25) is 0 Å². The largest absolute Gasteiger partial charge is 0.444 e. The number of nitrogens with one attached hydrogen (secondary N) is 2. The lowest BCUT2D eigenvalue weighted by molar-refractivity contribution is -0.0450. The lowest BCUT2D eigenvalue weighted by Gasteiger charge is -2.20. The topological polar surface area (TPSA) is 151 Å². The Labute approximate surface area is 166 Å². The van der Waals surface area contributed by atoms with Crippen molar-refractivity contribution in [3.8, 4) is 0 Å². The minimum atomic E-state index is -0.618. The number of hydrogen-bond acceptors (Lipinski definition) is 8. The lowest BCUT2D eigenvalue weighted by atomic mass is 10.2. The quantitative estimate of drug-likeness (QED) is 0.332. The Hall–Kier alpha value is -3.19. The molecule has 2 aliphatic rings. The Morgan fingerprint density at radius 3 is 2.83 bits per heavy atom. The summed E-state index contributed by atoms with van der Waals surface area (Å²) in [7, 11) is 0. The van der Waals surface area contributed by atoms with E-state index in [1.165, 1.54) is 15.8 Å². The number of alkyl carbamates (subject to hydrolysis) is 1. The number of carbonyl (C=O) groups is 3. The molecule has 3 N–H and O–H groups in total. The number of hydroxylamine groups is 3. The molecular formula is C16H23N7O6. The Kier molecular flexibility index (Phi) is 5.70. The molecule has 0 spiro atoms. The molecule has 1 aromatic heterocycles. The van der Waals surface area contributed by atoms with Gasteiger partial charge in [-0.2, -0.15) is 5.06 Å². The highest BCUT2D eigenvalue weighted by Crippen LogP contribution is 2.24. The zero-order valence-electron chi connectivity index (χ0n) is 16.3. The highest BCUT2D eigenvalue weighted by molar-refractivity contribution is 5.91. The van der Waals surface area contributed by atoms with Gasteiger partial charge in [0, 0.05) is 13.1 Å². The number of nitrogens with zero attached hydrogens (tertiary/aromatic N) is 5. The van der Waals surface area contributed by atoms with E-state index in [1.807, 2.05) is 0 Å². The number of hydrogen-bond donors (Lipinski definition) is 3. The molecule has 2 aliphatic heterocycles. The maximum absolute atomic E-state index is 12.1. The predicted octanol–water partition coefficient (Wildman–Crippen LogP) is -0.186. The molecule has 2 bridgehead atoms. The average Bonchev–Trinajstić information content (AvgIpc) is 3.21. The van der Waals surface area contributed by atoms with Gasteiger partial charge in [0.2, 0.25) is 0 Å². The van der Waals surface area contributed by atoms with Crippen molar-refractivity contribution >= 4 is 23.7 Å². The van der Waals surface area contributed by atoms with Gasteiger partial charge in [0.25, 0.3) is 5.91 Å². The van der Waals surface area contributed by atoms with Gasteiger partial charge in [0.05, 0.1) is 31.1 Å². The normalized spacial score (nSPS) is 18.6. The summed E-state index contributed by atoms with van der Waals surface area (Å²) in [6.07, 6.45) is 2.50. The molecule has 158 valence electrons. The second-order valence-electron chi connectivity index (χ2n) is 7.49. The third kappa shape index (κ3) is 5.00. The van der Waals surface area contributed by atoms with E-state index in [9.17, 15) is 19.6 Å². The summed E-state index contributed by atoms with van der Waals surface area (Å²) in [4.78, 5) is 41.8. The molecule has 1 fully saturated rings. The van der Waals surface area contributed by atoms with Gasteiger partial charge < -0.3 is 15.0 Å². The fourth-order valence-electron chi connectivity index (χ4n) is 2.74. The van der Waals surface area contributed by atoms with E-state index >= 15 is 0 Å². The maximum atomic E-state index is 12.1. The summed E-state index contributed by atoms with van der Waals surface area (Å²) in [5.74, 6) is -0.618. The first-order valence-electron chi connectivity index (χ1n) is 8.93. The smallest absolute Gasteiger partial charge is 0.407 e. The van der Waals surface area contributed by atoms with Crippen LogP contribution in [-0.2, 0) is 9.57 Å². The van der Waals surface area contributed by atoms with Gasteiger partial charge >= 0.3 is 12.1 Å². The van der Waals surface area contributed by atoms with Crippen molar-refractivity contribution in [3.63, 3.8) is 0 Å². The van der Waals surface area contributed by atoms with Gasteiger partial charge in [-0.3, -0.25) is 14.8 Å². The first-order valence-corrected chi connectivity index (χ1v) is 8.93. The van der Waals surface area contributed by atoms with Gasteiger partial charge in [-0.25, -0.2) is 19.8 Å². The molecule has 1 saturated heterocycles. The van der Waals surface area contributed by atoms with Crippen LogP contribution in [0.5, 0.6) is 0 Å². The molecule has 13 heteroatoms. The number of fused-ring (bicyclic) bond motifs is 2. The van der Waals surface area contributed by atoms with Gasteiger partial charge in [0.1, 0.15) is 5.60 Å². The SMILES string of the molecule is CC(C)(C)OC(=O)NCCONC(=O)c1cn(C2=CC3CN(C2)C(=O)N3O)nn1. The standard InChI is InChI=1S/C16H23N7O6/c1-16(2,3)29-14(25)17-4-5-28-19-13(24)12-9-22(20-18-12)10-6-11-8-21(7-10)15(26)23(11)27/h6,9,11,27H,4-5,7-8H2,1-3H3,(H,17,25)(H,19,24). The van der Waals surface area contributed by atoms with Crippen molar-refractivity contribution in [1.82, 2.24) is 35.8 Å². The lowest BCUT2D eigenvalue weighted by Crippen LogP contribution is -2.35. The van der Waals surface area contributed by atoms with E-state index in [-0.39, 0.29) is 25.4 Å². The third-order valence-corrected chi connectivity index (χ3v) is 3.98. The van der Waals surface area contributed by atoms with Crippen LogP contribution < -0.4 is 10.8 Å². The van der Waals surface area contributed by atoms with E-state index in [1.54, 1.807) is 26.8 Å². The highest BCUT2D eigenvalue weighted by atomic mass is 16.7. The van der Waals surface area contributed by atoms with Crippen LogP contribution in [-0.4, -0.2) is 86.1 Å². The second kappa shape index (κ2) is 8.05. The Morgan fingerprint density at radius 1 is 1.38 bits per heavy atom. The van der Waals surface area contributed by atoms with Gasteiger partial charge in [-0.05, 0) is 26.8 Å². The Bertz CT molecular complexity index is 830. The number of carbonyl (C=O) groups excluding carboxylic acids is 3.